The summed E-state index contributed by atoms with van der Waals surface area (Å²) in [5.74, 6) is -0.911. The molecule has 0 unspecified atom stereocenters. The number of anilines is 1. The fourth-order valence-corrected chi connectivity index (χ4v) is 2.04. The lowest BCUT2D eigenvalue weighted by molar-refractivity contribution is -0.112. The van der Waals surface area contributed by atoms with E-state index in [0.29, 0.717) is 23.6 Å². The van der Waals surface area contributed by atoms with E-state index in [4.69, 9.17) is 9.84 Å². The average molecular weight is 336 g/mol. The molecule has 0 radical (unpaired) electrons. The highest BCUT2D eigenvalue weighted by Gasteiger charge is 2.10. The molecule has 2 aromatic carbocycles. The van der Waals surface area contributed by atoms with Crippen molar-refractivity contribution in [3.63, 3.8) is 0 Å². The molecule has 0 fully saturated rings. The highest BCUT2D eigenvalue weighted by molar-refractivity contribution is 6.09. The van der Waals surface area contributed by atoms with Gasteiger partial charge in [-0.1, -0.05) is 12.1 Å². The zero-order valence-corrected chi connectivity index (χ0v) is 13.5. The Morgan fingerprint density at radius 1 is 1.16 bits per heavy atom. The molecule has 6 nitrogen and oxygen atoms in total. The van der Waals surface area contributed by atoms with Gasteiger partial charge in [0.2, 0.25) is 0 Å². The van der Waals surface area contributed by atoms with Gasteiger partial charge in [0.1, 0.15) is 17.4 Å². The van der Waals surface area contributed by atoms with Crippen LogP contribution in [0, 0.1) is 11.3 Å². The summed E-state index contributed by atoms with van der Waals surface area (Å²) >= 11 is 0. The van der Waals surface area contributed by atoms with Gasteiger partial charge in [0, 0.05) is 5.69 Å². The lowest BCUT2D eigenvalue weighted by atomic mass is 10.1. The maximum Gasteiger partial charge on any atom is 0.335 e. The van der Waals surface area contributed by atoms with Crippen molar-refractivity contribution in [2.24, 2.45) is 0 Å². The van der Waals surface area contributed by atoms with Crippen molar-refractivity contribution in [1.29, 1.82) is 5.26 Å². The summed E-state index contributed by atoms with van der Waals surface area (Å²) in [6.45, 7) is 2.44. The van der Waals surface area contributed by atoms with Gasteiger partial charge in [-0.2, -0.15) is 5.26 Å². The van der Waals surface area contributed by atoms with Gasteiger partial charge in [-0.3, -0.25) is 4.79 Å². The standard InChI is InChI=1S/C19H16N2O4/c1-2-25-17-9-3-13(4-10-17)11-15(12-20)18(22)21-16-7-5-14(6-8-16)19(23)24/h3-11H,2H2,1H3,(H,21,22)(H,23,24). The number of carbonyl (C=O) groups is 2. The van der Waals surface area contributed by atoms with Gasteiger partial charge in [-0.05, 0) is 55.0 Å². The van der Waals surface area contributed by atoms with Crippen LogP contribution in [0.5, 0.6) is 5.75 Å². The predicted molar refractivity (Wildman–Crippen MR) is 93.2 cm³/mol. The molecule has 25 heavy (non-hydrogen) atoms. The van der Waals surface area contributed by atoms with E-state index in [2.05, 4.69) is 5.32 Å². The topological polar surface area (TPSA) is 99.4 Å². The van der Waals surface area contributed by atoms with Crippen molar-refractivity contribution in [2.45, 2.75) is 6.92 Å². The van der Waals surface area contributed by atoms with Crippen molar-refractivity contribution in [1.82, 2.24) is 0 Å². The maximum absolute atomic E-state index is 12.2. The molecular weight excluding hydrogens is 320 g/mol. The lowest BCUT2D eigenvalue weighted by Gasteiger charge is -2.05. The summed E-state index contributed by atoms with van der Waals surface area (Å²) in [6.07, 6.45) is 1.47. The molecule has 0 heterocycles. The van der Waals surface area contributed by atoms with Crippen LogP contribution in [0.15, 0.2) is 54.1 Å². The third-order valence-electron chi connectivity index (χ3n) is 3.26. The van der Waals surface area contributed by atoms with E-state index in [9.17, 15) is 14.9 Å². The fraction of sp³-hybridized carbons (Fsp3) is 0.105. The van der Waals surface area contributed by atoms with Crippen molar-refractivity contribution >= 4 is 23.6 Å². The van der Waals surface area contributed by atoms with Crippen LogP contribution in [0.4, 0.5) is 5.69 Å². The molecule has 0 bridgehead atoms. The van der Waals surface area contributed by atoms with Crippen LogP contribution in [0.3, 0.4) is 0 Å². The molecule has 0 saturated carbocycles. The van der Waals surface area contributed by atoms with Gasteiger partial charge < -0.3 is 15.2 Å². The molecule has 126 valence electrons. The van der Waals surface area contributed by atoms with Gasteiger partial charge in [0.25, 0.3) is 5.91 Å². The Hall–Kier alpha value is -3.59. The second-order valence-electron chi connectivity index (χ2n) is 5.01. The number of hydrogen-bond acceptors (Lipinski definition) is 4. The zero-order chi connectivity index (χ0) is 18.2. The zero-order valence-electron chi connectivity index (χ0n) is 13.5. The Kier molecular flexibility index (Phi) is 5.91. The minimum atomic E-state index is -1.05. The number of hydrogen-bond donors (Lipinski definition) is 2. The van der Waals surface area contributed by atoms with Crippen molar-refractivity contribution < 1.29 is 19.4 Å². The van der Waals surface area contributed by atoms with Crippen LogP contribution in [0.1, 0.15) is 22.8 Å². The van der Waals surface area contributed by atoms with Crippen LogP contribution in [0.2, 0.25) is 0 Å². The first-order valence-electron chi connectivity index (χ1n) is 7.53. The summed E-state index contributed by atoms with van der Waals surface area (Å²) in [5, 5.41) is 20.6. The number of carbonyl (C=O) groups excluding carboxylic acids is 1. The lowest BCUT2D eigenvalue weighted by Crippen LogP contribution is -2.13. The van der Waals surface area contributed by atoms with Crippen LogP contribution in [-0.4, -0.2) is 23.6 Å². The van der Waals surface area contributed by atoms with E-state index >= 15 is 0 Å². The molecule has 0 aliphatic carbocycles. The summed E-state index contributed by atoms with van der Waals surface area (Å²) in [7, 11) is 0. The van der Waals surface area contributed by atoms with Gasteiger partial charge in [-0.25, -0.2) is 4.79 Å². The number of nitrogens with zero attached hydrogens (tertiary/aromatic N) is 1. The highest BCUT2D eigenvalue weighted by Crippen LogP contribution is 2.16. The molecule has 2 N–H and O–H groups in total. The van der Waals surface area contributed by atoms with Gasteiger partial charge in [0.15, 0.2) is 0 Å². The van der Waals surface area contributed by atoms with E-state index in [1.54, 1.807) is 24.3 Å². The molecule has 2 aromatic rings. The molecule has 0 saturated heterocycles. The van der Waals surface area contributed by atoms with E-state index in [1.165, 1.54) is 30.3 Å². The average Bonchev–Trinajstić information content (AvgIpc) is 2.61. The van der Waals surface area contributed by atoms with Crippen LogP contribution in [-0.2, 0) is 4.79 Å². The van der Waals surface area contributed by atoms with Crippen molar-refractivity contribution in [3.8, 4) is 11.8 Å². The number of carboxylic acids is 1. The third-order valence-corrected chi connectivity index (χ3v) is 3.26. The largest absolute Gasteiger partial charge is 0.494 e. The van der Waals surface area contributed by atoms with Crippen LogP contribution >= 0.6 is 0 Å². The number of aromatic carboxylic acids is 1. The second kappa shape index (κ2) is 8.31. The molecule has 2 rings (SSSR count). The van der Waals surface area contributed by atoms with Crippen molar-refractivity contribution in [3.05, 3.63) is 65.2 Å². The number of amides is 1. The molecule has 0 aliphatic rings. The first-order chi connectivity index (χ1) is 12.0. The minimum absolute atomic E-state index is 0.0635. The normalized spacial score (nSPS) is 10.6. The molecule has 6 heteroatoms. The molecule has 0 atom stereocenters. The van der Waals surface area contributed by atoms with Gasteiger partial charge in [-0.15, -0.1) is 0 Å². The smallest absolute Gasteiger partial charge is 0.335 e. The van der Waals surface area contributed by atoms with Crippen LogP contribution < -0.4 is 10.1 Å². The molecule has 0 aromatic heterocycles. The predicted octanol–water partition coefficient (Wildman–Crippen LogP) is 3.33. The van der Waals surface area contributed by atoms with E-state index in [-0.39, 0.29) is 11.1 Å². The summed E-state index contributed by atoms with van der Waals surface area (Å²) in [5.41, 5.74) is 1.15. The van der Waals surface area contributed by atoms with Gasteiger partial charge in [0.05, 0.1) is 12.2 Å². The third kappa shape index (κ3) is 4.94. The molecule has 1 amide bonds. The van der Waals surface area contributed by atoms with Crippen molar-refractivity contribution in [2.75, 3.05) is 11.9 Å². The monoisotopic (exact) mass is 336 g/mol. The van der Waals surface area contributed by atoms with Crippen LogP contribution in [0.25, 0.3) is 6.08 Å². The first-order valence-corrected chi connectivity index (χ1v) is 7.53. The fourth-order valence-electron chi connectivity index (χ4n) is 2.04. The Balaban J connectivity index is 2.12. The van der Waals surface area contributed by atoms with E-state index in [1.807, 2.05) is 13.0 Å². The van der Waals surface area contributed by atoms with E-state index in [0.717, 1.165) is 0 Å². The minimum Gasteiger partial charge on any atom is -0.494 e. The quantitative estimate of drug-likeness (QED) is 0.622. The molecular formula is C19H16N2O4. The molecule has 0 aliphatic heterocycles. The Morgan fingerprint density at radius 3 is 2.32 bits per heavy atom. The maximum atomic E-state index is 12.2. The number of ether oxygens (including phenoxy) is 1. The van der Waals surface area contributed by atoms with E-state index < -0.39 is 11.9 Å². The second-order valence-corrected chi connectivity index (χ2v) is 5.01. The SMILES string of the molecule is CCOc1ccc(C=C(C#N)C(=O)Nc2ccc(C(=O)O)cc2)cc1. The highest BCUT2D eigenvalue weighted by atomic mass is 16.5. The number of nitrogens with one attached hydrogen (secondary N) is 1. The number of carboxylic acid groups (broad SMARTS) is 1. The Morgan fingerprint density at radius 2 is 1.80 bits per heavy atom. The number of nitriles is 1. The number of benzene rings is 2. The first kappa shape index (κ1) is 17.8. The summed E-state index contributed by atoms with van der Waals surface area (Å²) < 4.78 is 5.34. The molecule has 0 spiro atoms. The van der Waals surface area contributed by atoms with Gasteiger partial charge >= 0.3 is 5.97 Å². The Labute approximate surface area is 145 Å². The summed E-state index contributed by atoms with van der Waals surface area (Å²) in [4.78, 5) is 23.0. The number of rotatable bonds is 6. The summed E-state index contributed by atoms with van der Waals surface area (Å²) in [6, 6.07) is 14.6. The Bertz CT molecular complexity index is 831.